The monoisotopic (exact) mass is 296 g/mol. The Labute approximate surface area is 127 Å². The van der Waals surface area contributed by atoms with Gasteiger partial charge < -0.3 is 10.3 Å². The molecule has 0 radical (unpaired) electrons. The lowest BCUT2D eigenvalue weighted by atomic mass is 9.99. The number of aromatic nitrogens is 5. The van der Waals surface area contributed by atoms with E-state index >= 15 is 0 Å². The molecule has 112 valence electrons. The summed E-state index contributed by atoms with van der Waals surface area (Å²) >= 11 is 0. The van der Waals surface area contributed by atoms with Crippen LogP contribution in [0.1, 0.15) is 31.5 Å². The number of hydrogen-bond donors (Lipinski definition) is 1. The Balaban J connectivity index is 1.61. The molecule has 0 bridgehead atoms. The third-order valence-corrected chi connectivity index (χ3v) is 4.20. The average molecular weight is 296 g/mol. The highest BCUT2D eigenvalue weighted by atomic mass is 16.5. The first-order chi connectivity index (χ1) is 10.7. The van der Waals surface area contributed by atoms with Crippen LogP contribution in [0.25, 0.3) is 17.1 Å². The van der Waals surface area contributed by atoms with Crippen molar-refractivity contribution in [2.24, 2.45) is 5.73 Å². The third-order valence-electron chi connectivity index (χ3n) is 4.20. The molecular formula is C15H16N6O. The predicted octanol–water partition coefficient (Wildman–Crippen LogP) is 2.05. The molecule has 7 nitrogen and oxygen atoms in total. The minimum Gasteiger partial charge on any atom is -0.334 e. The Bertz CT molecular complexity index is 756. The summed E-state index contributed by atoms with van der Waals surface area (Å²) in [6, 6.07) is 7.78. The topological polar surface area (TPSA) is 95.7 Å². The molecule has 3 aromatic rings. The van der Waals surface area contributed by atoms with E-state index in [2.05, 4.69) is 20.3 Å². The van der Waals surface area contributed by atoms with E-state index in [-0.39, 0.29) is 0 Å². The summed E-state index contributed by atoms with van der Waals surface area (Å²) < 4.78 is 7.22. The van der Waals surface area contributed by atoms with E-state index in [0.717, 1.165) is 36.9 Å². The lowest BCUT2D eigenvalue weighted by Gasteiger charge is -2.17. The van der Waals surface area contributed by atoms with Gasteiger partial charge in [-0.25, -0.2) is 0 Å². The minimum atomic E-state index is -0.426. The van der Waals surface area contributed by atoms with Crippen molar-refractivity contribution in [2.45, 2.75) is 31.2 Å². The molecule has 1 fully saturated rings. The van der Waals surface area contributed by atoms with Crippen LogP contribution in [0.3, 0.4) is 0 Å². The molecule has 22 heavy (non-hydrogen) atoms. The summed E-state index contributed by atoms with van der Waals surface area (Å²) in [4.78, 5) is 4.49. The van der Waals surface area contributed by atoms with Gasteiger partial charge in [0, 0.05) is 11.3 Å². The van der Waals surface area contributed by atoms with Gasteiger partial charge in [-0.1, -0.05) is 18.0 Å². The largest absolute Gasteiger partial charge is 0.334 e. The van der Waals surface area contributed by atoms with E-state index in [1.807, 2.05) is 28.8 Å². The van der Waals surface area contributed by atoms with Crippen LogP contribution in [-0.4, -0.2) is 24.9 Å². The van der Waals surface area contributed by atoms with Crippen LogP contribution in [0.4, 0.5) is 0 Å². The molecular weight excluding hydrogens is 280 g/mol. The molecule has 1 aliphatic rings. The highest BCUT2D eigenvalue weighted by Gasteiger charge is 2.36. The molecule has 2 aromatic heterocycles. The first kappa shape index (κ1) is 13.1. The maximum absolute atomic E-state index is 6.36. The molecule has 2 heterocycles. The first-order valence-electron chi connectivity index (χ1n) is 7.33. The molecule has 1 aliphatic carbocycles. The van der Waals surface area contributed by atoms with Gasteiger partial charge in [0.15, 0.2) is 5.82 Å². The SMILES string of the molecule is NC1(c2noc(-c3ccc(-n4cnnc4)cc3)n2)CCCC1. The zero-order valence-corrected chi connectivity index (χ0v) is 12.0. The molecule has 7 heteroatoms. The maximum atomic E-state index is 6.36. The molecule has 2 N–H and O–H groups in total. The van der Waals surface area contributed by atoms with Crippen LogP contribution < -0.4 is 5.73 Å². The van der Waals surface area contributed by atoms with E-state index in [4.69, 9.17) is 10.3 Å². The second-order valence-corrected chi connectivity index (χ2v) is 5.70. The van der Waals surface area contributed by atoms with Gasteiger partial charge in [-0.05, 0) is 37.1 Å². The quantitative estimate of drug-likeness (QED) is 0.794. The Morgan fingerprint density at radius 2 is 1.73 bits per heavy atom. The summed E-state index contributed by atoms with van der Waals surface area (Å²) in [6.45, 7) is 0. The van der Waals surface area contributed by atoms with E-state index in [0.29, 0.717) is 11.7 Å². The molecule has 0 saturated heterocycles. The zero-order chi connectivity index (χ0) is 15.0. The summed E-state index contributed by atoms with van der Waals surface area (Å²) in [5.41, 5.74) is 7.78. The smallest absolute Gasteiger partial charge is 0.257 e. The van der Waals surface area contributed by atoms with Gasteiger partial charge in [0.05, 0.1) is 5.54 Å². The summed E-state index contributed by atoms with van der Waals surface area (Å²) in [7, 11) is 0. The van der Waals surface area contributed by atoms with E-state index in [1.54, 1.807) is 12.7 Å². The van der Waals surface area contributed by atoms with Crippen molar-refractivity contribution >= 4 is 0 Å². The number of rotatable bonds is 3. The number of benzene rings is 1. The van der Waals surface area contributed by atoms with Crippen LogP contribution >= 0.6 is 0 Å². The predicted molar refractivity (Wildman–Crippen MR) is 79.0 cm³/mol. The van der Waals surface area contributed by atoms with Crippen molar-refractivity contribution in [2.75, 3.05) is 0 Å². The molecule has 1 aromatic carbocycles. The summed E-state index contributed by atoms with van der Waals surface area (Å²) in [5, 5.41) is 11.7. The van der Waals surface area contributed by atoms with Crippen LogP contribution in [0, 0.1) is 0 Å². The van der Waals surface area contributed by atoms with E-state index in [1.165, 1.54) is 0 Å². The normalized spacial score (nSPS) is 17.0. The van der Waals surface area contributed by atoms with Crippen molar-refractivity contribution in [3.8, 4) is 17.1 Å². The summed E-state index contributed by atoms with van der Waals surface area (Å²) in [5.74, 6) is 1.12. The highest BCUT2D eigenvalue weighted by molar-refractivity contribution is 5.55. The Morgan fingerprint density at radius 1 is 1.05 bits per heavy atom. The van der Waals surface area contributed by atoms with Gasteiger partial charge in [0.1, 0.15) is 12.7 Å². The van der Waals surface area contributed by atoms with Gasteiger partial charge in [0.25, 0.3) is 5.89 Å². The van der Waals surface area contributed by atoms with Gasteiger partial charge in [-0.2, -0.15) is 4.98 Å². The molecule has 0 aliphatic heterocycles. The van der Waals surface area contributed by atoms with Gasteiger partial charge in [0.2, 0.25) is 0 Å². The molecule has 0 spiro atoms. The zero-order valence-electron chi connectivity index (χ0n) is 12.0. The van der Waals surface area contributed by atoms with E-state index in [9.17, 15) is 0 Å². The average Bonchev–Trinajstić information content (AvgIpc) is 3.29. The number of nitrogens with zero attached hydrogens (tertiary/aromatic N) is 5. The fraction of sp³-hybridized carbons (Fsp3) is 0.333. The molecule has 1 saturated carbocycles. The van der Waals surface area contributed by atoms with Crippen molar-refractivity contribution in [1.82, 2.24) is 24.9 Å². The second-order valence-electron chi connectivity index (χ2n) is 5.70. The maximum Gasteiger partial charge on any atom is 0.257 e. The van der Waals surface area contributed by atoms with Crippen molar-refractivity contribution in [3.05, 3.63) is 42.7 Å². The van der Waals surface area contributed by atoms with E-state index < -0.39 is 5.54 Å². The fourth-order valence-electron chi connectivity index (χ4n) is 2.88. The third kappa shape index (κ3) is 2.19. The molecule has 0 atom stereocenters. The van der Waals surface area contributed by atoms with Crippen molar-refractivity contribution < 1.29 is 4.52 Å². The van der Waals surface area contributed by atoms with Gasteiger partial charge in [-0.15, -0.1) is 10.2 Å². The van der Waals surface area contributed by atoms with Gasteiger partial charge >= 0.3 is 0 Å². The second kappa shape index (κ2) is 5.03. The molecule has 0 unspecified atom stereocenters. The van der Waals surface area contributed by atoms with Crippen molar-refractivity contribution in [3.63, 3.8) is 0 Å². The highest BCUT2D eigenvalue weighted by Crippen LogP contribution is 2.35. The van der Waals surface area contributed by atoms with Crippen LogP contribution in [-0.2, 0) is 5.54 Å². The van der Waals surface area contributed by atoms with Crippen LogP contribution in [0.2, 0.25) is 0 Å². The van der Waals surface area contributed by atoms with Crippen molar-refractivity contribution in [1.29, 1.82) is 0 Å². The molecule has 0 amide bonds. The van der Waals surface area contributed by atoms with Gasteiger partial charge in [-0.3, -0.25) is 4.57 Å². The lowest BCUT2D eigenvalue weighted by Crippen LogP contribution is -2.34. The Morgan fingerprint density at radius 3 is 2.41 bits per heavy atom. The lowest BCUT2D eigenvalue weighted by molar-refractivity contribution is 0.372. The Kier molecular flexibility index (Phi) is 3.00. The number of nitrogens with two attached hydrogens (primary N) is 1. The standard InChI is InChI=1S/C15H16N6O/c16-15(7-1-2-8-15)14-19-13(22-20-14)11-3-5-12(6-4-11)21-9-17-18-10-21/h3-6,9-10H,1-2,7-8,16H2. The van der Waals surface area contributed by atoms with Crippen LogP contribution in [0.5, 0.6) is 0 Å². The fourth-order valence-corrected chi connectivity index (χ4v) is 2.88. The Hall–Kier alpha value is -2.54. The van der Waals surface area contributed by atoms with Crippen LogP contribution in [0.15, 0.2) is 41.4 Å². The minimum absolute atomic E-state index is 0.426. The summed E-state index contributed by atoms with van der Waals surface area (Å²) in [6.07, 6.45) is 7.37. The number of hydrogen-bond acceptors (Lipinski definition) is 6. The first-order valence-corrected chi connectivity index (χ1v) is 7.33. The molecule has 4 rings (SSSR count).